The molecule has 3 aromatic rings. The van der Waals surface area contributed by atoms with Crippen LogP contribution in [0.4, 0.5) is 10.1 Å². The molecule has 0 bridgehead atoms. The Morgan fingerprint density at radius 2 is 1.62 bits per heavy atom. The van der Waals surface area contributed by atoms with Crippen LogP contribution in [-0.2, 0) is 13.0 Å². The summed E-state index contributed by atoms with van der Waals surface area (Å²) in [7, 11) is 1.61. The molecule has 29 heavy (non-hydrogen) atoms. The zero-order chi connectivity index (χ0) is 20.5. The molecule has 0 fully saturated rings. The number of benzene rings is 3. The lowest BCUT2D eigenvalue weighted by atomic mass is 10.1. The zero-order valence-electron chi connectivity index (χ0n) is 16.9. The lowest BCUT2D eigenvalue weighted by molar-refractivity contribution is 0.284. The molecule has 0 aliphatic rings. The van der Waals surface area contributed by atoms with E-state index in [-0.39, 0.29) is 5.82 Å². The molecule has 0 spiro atoms. The molecule has 0 saturated carbocycles. The summed E-state index contributed by atoms with van der Waals surface area (Å²) >= 11 is 0. The Balaban J connectivity index is 1.64. The maximum absolute atomic E-state index is 13.0. The quantitative estimate of drug-likeness (QED) is 0.390. The average molecular weight is 391 g/mol. The van der Waals surface area contributed by atoms with Crippen molar-refractivity contribution in [2.24, 2.45) is 4.99 Å². The van der Waals surface area contributed by atoms with E-state index in [2.05, 4.69) is 24.0 Å². The number of aryl methyl sites for hydroxylation is 1. The number of hydrogen-bond acceptors (Lipinski definition) is 3. The maximum Gasteiger partial charge on any atom is 0.161 e. The van der Waals surface area contributed by atoms with Crippen molar-refractivity contribution in [2.75, 3.05) is 7.11 Å². The number of hydrogen-bond donors (Lipinski definition) is 0. The van der Waals surface area contributed by atoms with Gasteiger partial charge in [-0.1, -0.05) is 37.6 Å². The smallest absolute Gasteiger partial charge is 0.161 e. The number of halogens is 1. The molecule has 0 radical (unpaired) electrons. The van der Waals surface area contributed by atoms with Gasteiger partial charge in [0.15, 0.2) is 11.5 Å². The van der Waals surface area contributed by atoms with Crippen molar-refractivity contribution in [3.05, 3.63) is 89.2 Å². The topological polar surface area (TPSA) is 30.8 Å². The van der Waals surface area contributed by atoms with E-state index in [1.807, 2.05) is 36.5 Å². The van der Waals surface area contributed by atoms with Gasteiger partial charge in [0, 0.05) is 6.21 Å². The summed E-state index contributed by atoms with van der Waals surface area (Å²) in [5.74, 6) is 1.01. The molecule has 4 heteroatoms. The molecule has 3 rings (SSSR count). The minimum atomic E-state index is -0.259. The maximum atomic E-state index is 13.0. The molecule has 0 aliphatic heterocycles. The standard InChI is InChI=1S/C25H26FNO2/c1-3-4-5-19-8-13-23(14-9-19)27-17-21-10-15-24(25(16-21)28-2)29-18-20-6-11-22(26)12-7-20/h6-17H,3-5,18H2,1-2H3. The fourth-order valence-corrected chi connectivity index (χ4v) is 2.90. The highest BCUT2D eigenvalue weighted by molar-refractivity contribution is 5.83. The second kappa shape index (κ2) is 10.4. The van der Waals surface area contributed by atoms with E-state index in [0.29, 0.717) is 18.1 Å². The summed E-state index contributed by atoms with van der Waals surface area (Å²) in [6.45, 7) is 2.54. The third-order valence-corrected chi connectivity index (χ3v) is 4.61. The molecule has 0 amide bonds. The highest BCUT2D eigenvalue weighted by atomic mass is 19.1. The summed E-state index contributed by atoms with van der Waals surface area (Å²) in [5.41, 5.74) is 4.07. The highest BCUT2D eigenvalue weighted by Crippen LogP contribution is 2.28. The predicted octanol–water partition coefficient (Wildman–Crippen LogP) is 6.51. The van der Waals surface area contributed by atoms with Crippen molar-refractivity contribution in [2.45, 2.75) is 32.8 Å². The van der Waals surface area contributed by atoms with Gasteiger partial charge in [0.05, 0.1) is 12.8 Å². The molecule has 3 aromatic carbocycles. The highest BCUT2D eigenvalue weighted by Gasteiger charge is 2.06. The van der Waals surface area contributed by atoms with Gasteiger partial charge in [0.2, 0.25) is 0 Å². The minimum Gasteiger partial charge on any atom is -0.493 e. The predicted molar refractivity (Wildman–Crippen MR) is 116 cm³/mol. The first-order valence-corrected chi connectivity index (χ1v) is 9.86. The van der Waals surface area contributed by atoms with E-state index in [1.165, 1.54) is 30.5 Å². The molecule has 0 aromatic heterocycles. The van der Waals surface area contributed by atoms with Crippen LogP contribution in [0.2, 0.25) is 0 Å². The van der Waals surface area contributed by atoms with Crippen LogP contribution < -0.4 is 9.47 Å². The van der Waals surface area contributed by atoms with Crippen molar-refractivity contribution in [1.82, 2.24) is 0 Å². The zero-order valence-corrected chi connectivity index (χ0v) is 16.9. The van der Waals surface area contributed by atoms with E-state index < -0.39 is 0 Å². The molecule has 150 valence electrons. The van der Waals surface area contributed by atoms with Crippen LogP contribution in [0.15, 0.2) is 71.7 Å². The molecule has 0 N–H and O–H groups in total. The monoisotopic (exact) mass is 391 g/mol. The van der Waals surface area contributed by atoms with Crippen LogP contribution in [0.5, 0.6) is 11.5 Å². The van der Waals surface area contributed by atoms with Gasteiger partial charge >= 0.3 is 0 Å². The van der Waals surface area contributed by atoms with Gasteiger partial charge in [-0.3, -0.25) is 4.99 Å². The lowest BCUT2D eigenvalue weighted by Crippen LogP contribution is -1.98. The first-order chi connectivity index (χ1) is 14.2. The Morgan fingerprint density at radius 1 is 0.897 bits per heavy atom. The summed E-state index contributed by atoms with van der Waals surface area (Å²) in [5, 5.41) is 0. The van der Waals surface area contributed by atoms with Crippen molar-refractivity contribution in [3.8, 4) is 11.5 Å². The van der Waals surface area contributed by atoms with Crippen molar-refractivity contribution < 1.29 is 13.9 Å². The van der Waals surface area contributed by atoms with Gasteiger partial charge in [-0.25, -0.2) is 4.39 Å². The molecular formula is C25H26FNO2. The normalized spacial score (nSPS) is 11.0. The van der Waals surface area contributed by atoms with Crippen molar-refractivity contribution in [3.63, 3.8) is 0 Å². The number of nitrogens with zero attached hydrogens (tertiary/aromatic N) is 1. The number of aliphatic imine (C=N–C) groups is 1. The third kappa shape index (κ3) is 6.18. The van der Waals surface area contributed by atoms with Crippen LogP contribution in [0.3, 0.4) is 0 Å². The molecule has 0 unspecified atom stereocenters. The van der Waals surface area contributed by atoms with E-state index in [0.717, 1.165) is 23.2 Å². The molecule has 3 nitrogen and oxygen atoms in total. The number of unbranched alkanes of at least 4 members (excludes halogenated alkanes) is 1. The Morgan fingerprint density at radius 3 is 2.31 bits per heavy atom. The Labute approximate surface area is 171 Å². The first-order valence-electron chi connectivity index (χ1n) is 9.86. The van der Waals surface area contributed by atoms with Gasteiger partial charge in [-0.15, -0.1) is 0 Å². The molecule has 0 heterocycles. The van der Waals surface area contributed by atoms with Crippen LogP contribution >= 0.6 is 0 Å². The van der Waals surface area contributed by atoms with Gasteiger partial charge in [-0.2, -0.15) is 0 Å². The Hall–Kier alpha value is -3.14. The molecule has 0 aliphatic carbocycles. The molecular weight excluding hydrogens is 365 g/mol. The fourth-order valence-electron chi connectivity index (χ4n) is 2.90. The second-order valence-corrected chi connectivity index (χ2v) is 6.85. The van der Waals surface area contributed by atoms with Gasteiger partial charge in [0.25, 0.3) is 0 Å². The van der Waals surface area contributed by atoms with Crippen LogP contribution in [0, 0.1) is 5.82 Å². The Kier molecular flexibility index (Phi) is 7.40. The van der Waals surface area contributed by atoms with Crippen LogP contribution in [0.25, 0.3) is 0 Å². The first kappa shape index (κ1) is 20.6. The fraction of sp³-hybridized carbons (Fsp3) is 0.240. The molecule has 0 atom stereocenters. The largest absolute Gasteiger partial charge is 0.493 e. The Bertz CT molecular complexity index is 934. The third-order valence-electron chi connectivity index (χ3n) is 4.61. The summed E-state index contributed by atoms with van der Waals surface area (Å²) in [6.07, 6.45) is 5.33. The van der Waals surface area contributed by atoms with E-state index in [1.54, 1.807) is 19.2 Å². The van der Waals surface area contributed by atoms with Crippen LogP contribution in [-0.4, -0.2) is 13.3 Å². The van der Waals surface area contributed by atoms with Crippen LogP contribution in [0.1, 0.15) is 36.5 Å². The van der Waals surface area contributed by atoms with E-state index in [4.69, 9.17) is 9.47 Å². The second-order valence-electron chi connectivity index (χ2n) is 6.85. The minimum absolute atomic E-state index is 0.259. The van der Waals surface area contributed by atoms with Gasteiger partial charge in [0.1, 0.15) is 12.4 Å². The van der Waals surface area contributed by atoms with Gasteiger partial charge in [-0.05, 0) is 72.0 Å². The number of rotatable bonds is 9. The lowest BCUT2D eigenvalue weighted by Gasteiger charge is -2.11. The average Bonchev–Trinajstić information content (AvgIpc) is 2.77. The van der Waals surface area contributed by atoms with E-state index >= 15 is 0 Å². The number of methoxy groups -OCH3 is 1. The summed E-state index contributed by atoms with van der Waals surface area (Å²) in [6, 6.07) is 20.3. The summed E-state index contributed by atoms with van der Waals surface area (Å²) < 4.78 is 24.3. The van der Waals surface area contributed by atoms with Gasteiger partial charge < -0.3 is 9.47 Å². The van der Waals surface area contributed by atoms with E-state index in [9.17, 15) is 4.39 Å². The SMILES string of the molecule is CCCCc1ccc(N=Cc2ccc(OCc3ccc(F)cc3)c(OC)c2)cc1. The van der Waals surface area contributed by atoms with Crippen molar-refractivity contribution >= 4 is 11.9 Å². The van der Waals surface area contributed by atoms with Crippen molar-refractivity contribution in [1.29, 1.82) is 0 Å². The number of ether oxygens (including phenoxy) is 2. The molecule has 0 saturated heterocycles. The summed E-state index contributed by atoms with van der Waals surface area (Å²) in [4.78, 5) is 4.55.